The Labute approximate surface area is 213 Å². The summed E-state index contributed by atoms with van der Waals surface area (Å²) in [4.78, 5) is 0. The van der Waals surface area contributed by atoms with Gasteiger partial charge in [0.05, 0.1) is 35.1 Å². The van der Waals surface area contributed by atoms with Crippen LogP contribution in [0.4, 0.5) is 0 Å². The van der Waals surface area contributed by atoms with Crippen LogP contribution in [-0.4, -0.2) is 55.5 Å². The summed E-state index contributed by atoms with van der Waals surface area (Å²) in [6.45, 7) is 17.3. The fraction of sp³-hybridized carbons (Fsp3) is 1.00. The van der Waals surface area contributed by atoms with Gasteiger partial charge in [0, 0.05) is 5.92 Å². The standard InChI is InChI=1S/C30H52O5/c1-24(2)19-9-13-27(6)20(26(19,5)12-10-21(24)32)17-18(31)23-28(27,7)15-16-30(23,34)29(8)14-11-22(35-29)25(3,4)33/h18-23,31-34H,9-17H2,1-8H3/t18-,19+,20+,21-,22+,23+,26+,27-,28-,29-,30-/m1/s1. The number of hydrogen-bond acceptors (Lipinski definition) is 5. The van der Waals surface area contributed by atoms with Crippen LogP contribution in [0.5, 0.6) is 0 Å². The molecule has 0 spiro atoms. The molecule has 5 nitrogen and oxygen atoms in total. The largest absolute Gasteiger partial charge is 0.393 e. The monoisotopic (exact) mass is 492 g/mol. The summed E-state index contributed by atoms with van der Waals surface area (Å²) in [5.41, 5.74) is -3.08. The molecule has 4 aliphatic carbocycles. The molecule has 1 heterocycles. The van der Waals surface area contributed by atoms with Gasteiger partial charge in [0.25, 0.3) is 0 Å². The quantitative estimate of drug-likeness (QED) is 0.443. The van der Waals surface area contributed by atoms with Crippen LogP contribution in [0.1, 0.15) is 113 Å². The maximum Gasteiger partial charge on any atom is 0.0991 e. The smallest absolute Gasteiger partial charge is 0.0991 e. The van der Waals surface area contributed by atoms with Crippen molar-refractivity contribution >= 4 is 0 Å². The molecular formula is C30H52O5. The molecule has 202 valence electrons. The Morgan fingerprint density at radius 1 is 0.771 bits per heavy atom. The van der Waals surface area contributed by atoms with Crippen molar-refractivity contribution in [1.82, 2.24) is 0 Å². The molecule has 0 radical (unpaired) electrons. The normalized spacial score (nSPS) is 57.9. The lowest BCUT2D eigenvalue weighted by Gasteiger charge is -2.71. The predicted molar refractivity (Wildman–Crippen MR) is 137 cm³/mol. The van der Waals surface area contributed by atoms with Gasteiger partial charge in [-0.25, -0.2) is 0 Å². The average Bonchev–Trinajstić information content (AvgIpc) is 3.29. The number of hydrogen-bond donors (Lipinski definition) is 4. The maximum atomic E-state index is 12.5. The first-order valence-electron chi connectivity index (χ1n) is 14.4. The molecule has 1 saturated heterocycles. The molecule has 5 fully saturated rings. The summed E-state index contributed by atoms with van der Waals surface area (Å²) in [7, 11) is 0. The van der Waals surface area contributed by atoms with E-state index < -0.39 is 22.9 Å². The van der Waals surface area contributed by atoms with Crippen LogP contribution in [0.15, 0.2) is 0 Å². The van der Waals surface area contributed by atoms with Gasteiger partial charge in [-0.3, -0.25) is 0 Å². The molecule has 11 atom stereocenters. The molecule has 4 saturated carbocycles. The molecular weight excluding hydrogens is 440 g/mol. The second-order valence-corrected chi connectivity index (χ2v) is 15.6. The highest BCUT2D eigenvalue weighted by Crippen LogP contribution is 2.76. The third-order valence-corrected chi connectivity index (χ3v) is 13.4. The lowest BCUT2D eigenvalue weighted by molar-refractivity contribution is -0.277. The van der Waals surface area contributed by atoms with E-state index in [4.69, 9.17) is 4.74 Å². The van der Waals surface area contributed by atoms with E-state index in [1.165, 1.54) is 0 Å². The van der Waals surface area contributed by atoms with Crippen molar-refractivity contribution in [3.05, 3.63) is 0 Å². The Morgan fingerprint density at radius 2 is 1.43 bits per heavy atom. The van der Waals surface area contributed by atoms with Crippen LogP contribution in [0.2, 0.25) is 0 Å². The molecule has 5 aliphatic rings. The van der Waals surface area contributed by atoms with Crippen molar-refractivity contribution in [2.24, 2.45) is 39.4 Å². The van der Waals surface area contributed by atoms with Crippen molar-refractivity contribution in [2.45, 2.75) is 148 Å². The summed E-state index contributed by atoms with van der Waals surface area (Å²) < 4.78 is 6.52. The third-order valence-electron chi connectivity index (χ3n) is 13.4. The van der Waals surface area contributed by atoms with Crippen LogP contribution in [0.25, 0.3) is 0 Å². The Morgan fingerprint density at radius 3 is 2.03 bits per heavy atom. The second-order valence-electron chi connectivity index (χ2n) is 15.6. The van der Waals surface area contributed by atoms with Crippen LogP contribution in [-0.2, 0) is 4.74 Å². The zero-order valence-electron chi connectivity index (χ0n) is 23.5. The topological polar surface area (TPSA) is 90.2 Å². The Balaban J connectivity index is 1.52. The first kappa shape index (κ1) is 26.4. The molecule has 35 heavy (non-hydrogen) atoms. The van der Waals surface area contributed by atoms with Gasteiger partial charge in [-0.1, -0.05) is 34.6 Å². The molecule has 0 unspecified atom stereocenters. The molecule has 4 N–H and O–H groups in total. The van der Waals surface area contributed by atoms with Crippen LogP contribution >= 0.6 is 0 Å². The molecule has 0 amide bonds. The minimum absolute atomic E-state index is 0.00954. The van der Waals surface area contributed by atoms with Gasteiger partial charge >= 0.3 is 0 Å². The van der Waals surface area contributed by atoms with Crippen molar-refractivity contribution in [3.63, 3.8) is 0 Å². The zero-order valence-corrected chi connectivity index (χ0v) is 23.5. The van der Waals surface area contributed by atoms with Gasteiger partial charge in [0.1, 0.15) is 0 Å². The van der Waals surface area contributed by atoms with Crippen molar-refractivity contribution in [3.8, 4) is 0 Å². The van der Waals surface area contributed by atoms with Crippen molar-refractivity contribution < 1.29 is 25.2 Å². The van der Waals surface area contributed by atoms with E-state index in [1.54, 1.807) is 13.8 Å². The number of fused-ring (bicyclic) bond motifs is 5. The molecule has 5 heteroatoms. The highest BCUT2D eigenvalue weighted by molar-refractivity contribution is 5.25. The third kappa shape index (κ3) is 3.17. The van der Waals surface area contributed by atoms with Crippen LogP contribution in [0.3, 0.4) is 0 Å². The number of aliphatic hydroxyl groups excluding tert-OH is 2. The SMILES string of the molecule is CC(C)(O)[C@@H]1CC[C@](C)([C@@]2(O)CC[C@]3(C)[C@@H]2[C@H](O)C[C@H]2[C@@]4(C)CC[C@@H](O)C(C)(C)[C@@H]4CC[C@]23C)O1. The van der Waals surface area contributed by atoms with Gasteiger partial charge in [-0.15, -0.1) is 0 Å². The van der Waals surface area contributed by atoms with E-state index in [2.05, 4.69) is 34.6 Å². The Kier molecular flexibility index (Phi) is 5.63. The van der Waals surface area contributed by atoms with Crippen LogP contribution in [0, 0.1) is 39.4 Å². The summed E-state index contributed by atoms with van der Waals surface area (Å²) in [5.74, 6) is 0.553. The van der Waals surface area contributed by atoms with E-state index in [1.807, 2.05) is 6.92 Å². The minimum atomic E-state index is -1.12. The van der Waals surface area contributed by atoms with E-state index in [-0.39, 0.29) is 39.8 Å². The summed E-state index contributed by atoms with van der Waals surface area (Å²) in [6.07, 6.45) is 6.50. The van der Waals surface area contributed by atoms with E-state index in [0.717, 1.165) is 38.5 Å². The highest BCUT2D eigenvalue weighted by Gasteiger charge is 2.75. The maximum absolute atomic E-state index is 12.5. The molecule has 0 aromatic heterocycles. The lowest BCUT2D eigenvalue weighted by Crippen LogP contribution is -2.69. The molecule has 0 bridgehead atoms. The highest BCUT2D eigenvalue weighted by atomic mass is 16.5. The van der Waals surface area contributed by atoms with Gasteiger partial charge in [-0.2, -0.15) is 0 Å². The summed E-state index contributed by atoms with van der Waals surface area (Å²) >= 11 is 0. The summed E-state index contributed by atoms with van der Waals surface area (Å²) in [6, 6.07) is 0. The Hall–Kier alpha value is -0.200. The van der Waals surface area contributed by atoms with E-state index in [0.29, 0.717) is 31.1 Å². The second kappa shape index (κ2) is 7.46. The Bertz CT molecular complexity index is 865. The van der Waals surface area contributed by atoms with Gasteiger partial charge < -0.3 is 25.2 Å². The molecule has 5 rings (SSSR count). The number of rotatable bonds is 2. The average molecular weight is 493 g/mol. The lowest BCUT2D eigenvalue weighted by atomic mass is 9.35. The van der Waals surface area contributed by atoms with Crippen molar-refractivity contribution in [1.29, 1.82) is 0 Å². The van der Waals surface area contributed by atoms with E-state index in [9.17, 15) is 20.4 Å². The van der Waals surface area contributed by atoms with Gasteiger partial charge in [0.2, 0.25) is 0 Å². The zero-order chi connectivity index (χ0) is 26.0. The van der Waals surface area contributed by atoms with Gasteiger partial charge in [0.15, 0.2) is 0 Å². The summed E-state index contributed by atoms with van der Waals surface area (Å²) in [5, 5.41) is 45.9. The predicted octanol–water partition coefficient (Wildman–Crippen LogP) is 4.83. The van der Waals surface area contributed by atoms with Crippen LogP contribution < -0.4 is 0 Å². The minimum Gasteiger partial charge on any atom is -0.393 e. The fourth-order valence-corrected chi connectivity index (χ4v) is 11.1. The van der Waals surface area contributed by atoms with Gasteiger partial charge in [-0.05, 0) is 112 Å². The molecule has 0 aromatic carbocycles. The first-order chi connectivity index (χ1) is 15.9. The van der Waals surface area contributed by atoms with Crippen molar-refractivity contribution in [2.75, 3.05) is 0 Å². The first-order valence-corrected chi connectivity index (χ1v) is 14.4. The molecule has 0 aromatic rings. The molecule has 1 aliphatic heterocycles. The fourth-order valence-electron chi connectivity index (χ4n) is 11.1. The number of ether oxygens (including phenoxy) is 1. The van der Waals surface area contributed by atoms with E-state index >= 15 is 0 Å². The number of aliphatic hydroxyl groups is 4.